The molecule has 0 heterocycles. The third kappa shape index (κ3) is 5.92. The van der Waals surface area contributed by atoms with Gasteiger partial charge in [-0.15, -0.1) is 0 Å². The predicted molar refractivity (Wildman–Crippen MR) is 35.8 cm³/mol. The highest BCUT2D eigenvalue weighted by Crippen LogP contribution is 1.79. The van der Waals surface area contributed by atoms with Gasteiger partial charge in [-0.05, 0) is 26.8 Å². The third-order valence-electron chi connectivity index (χ3n) is 0.856. The maximum atomic E-state index is 5.25. The van der Waals surface area contributed by atoms with Crippen molar-refractivity contribution in [2.45, 2.75) is 26.3 Å². The zero-order valence-electron chi connectivity index (χ0n) is 5.72. The summed E-state index contributed by atoms with van der Waals surface area (Å²) in [4.78, 5) is 0. The molecule has 0 aliphatic heterocycles. The van der Waals surface area contributed by atoms with Gasteiger partial charge in [-0.25, -0.2) is 5.32 Å². The van der Waals surface area contributed by atoms with Gasteiger partial charge in [-0.3, -0.25) is 0 Å². The molecule has 0 unspecified atom stereocenters. The van der Waals surface area contributed by atoms with Crippen molar-refractivity contribution in [3.05, 3.63) is 0 Å². The molecule has 1 radical (unpaired) electrons. The molecule has 49 valence electrons. The average molecular weight is 115 g/mol. The van der Waals surface area contributed by atoms with Gasteiger partial charge in [-0.1, -0.05) is 0 Å². The molecule has 0 aliphatic carbocycles. The molecular formula is C6H15N2. The van der Waals surface area contributed by atoms with Crippen LogP contribution in [0.5, 0.6) is 0 Å². The highest BCUT2D eigenvalue weighted by Gasteiger charge is 1.90. The topological polar surface area (TPSA) is 40.1 Å². The standard InChI is InChI=1S/C6H15N2/c1-6(2)8-5-3-4-7/h6H,3-5,7H2,1-2H3. The van der Waals surface area contributed by atoms with Crippen LogP contribution in [0, 0.1) is 0 Å². The number of nitrogens with two attached hydrogens (primary N) is 1. The third-order valence-corrected chi connectivity index (χ3v) is 0.856. The minimum atomic E-state index is 0.474. The Hall–Kier alpha value is -0.0800. The lowest BCUT2D eigenvalue weighted by molar-refractivity contribution is 0.562. The summed E-state index contributed by atoms with van der Waals surface area (Å²) in [6.07, 6.45) is 1.03. The Balaban J connectivity index is 2.72. The van der Waals surface area contributed by atoms with E-state index in [2.05, 4.69) is 19.2 Å². The van der Waals surface area contributed by atoms with Crippen LogP contribution in [0.2, 0.25) is 0 Å². The van der Waals surface area contributed by atoms with Crippen LogP contribution in [0.4, 0.5) is 0 Å². The lowest BCUT2D eigenvalue weighted by Crippen LogP contribution is -2.17. The van der Waals surface area contributed by atoms with Gasteiger partial charge in [0.25, 0.3) is 0 Å². The SMILES string of the molecule is CC(C)[N]CCCN. The highest BCUT2D eigenvalue weighted by molar-refractivity contribution is 4.51. The second-order valence-electron chi connectivity index (χ2n) is 2.14. The van der Waals surface area contributed by atoms with Crippen LogP contribution in [0.1, 0.15) is 20.3 Å². The molecule has 0 aromatic rings. The first kappa shape index (κ1) is 7.92. The summed E-state index contributed by atoms with van der Waals surface area (Å²) in [5, 5.41) is 4.23. The van der Waals surface area contributed by atoms with Crippen LogP contribution in [-0.2, 0) is 0 Å². The van der Waals surface area contributed by atoms with Crippen LogP contribution >= 0.6 is 0 Å². The first-order chi connectivity index (χ1) is 3.77. The first-order valence-corrected chi connectivity index (χ1v) is 3.14. The molecule has 0 rings (SSSR count). The van der Waals surface area contributed by atoms with Crippen molar-refractivity contribution < 1.29 is 0 Å². The van der Waals surface area contributed by atoms with Crippen LogP contribution < -0.4 is 11.1 Å². The molecule has 0 aliphatic rings. The van der Waals surface area contributed by atoms with E-state index in [4.69, 9.17) is 5.73 Å². The number of hydrogen-bond acceptors (Lipinski definition) is 1. The zero-order chi connectivity index (χ0) is 6.41. The minimum absolute atomic E-state index is 0.474. The van der Waals surface area contributed by atoms with E-state index in [0.717, 1.165) is 19.5 Å². The Labute approximate surface area is 51.5 Å². The fourth-order valence-corrected chi connectivity index (χ4v) is 0.441. The number of rotatable bonds is 4. The van der Waals surface area contributed by atoms with Crippen molar-refractivity contribution in [1.29, 1.82) is 0 Å². The minimum Gasteiger partial charge on any atom is -0.330 e. The van der Waals surface area contributed by atoms with E-state index >= 15 is 0 Å². The molecule has 0 aromatic carbocycles. The van der Waals surface area contributed by atoms with Crippen LogP contribution in [0.3, 0.4) is 0 Å². The van der Waals surface area contributed by atoms with Crippen molar-refractivity contribution >= 4 is 0 Å². The summed E-state index contributed by atoms with van der Waals surface area (Å²) in [6.45, 7) is 5.84. The first-order valence-electron chi connectivity index (χ1n) is 3.14. The molecule has 0 saturated heterocycles. The Morgan fingerprint density at radius 2 is 2.12 bits per heavy atom. The lowest BCUT2D eigenvalue weighted by atomic mass is 10.3. The summed E-state index contributed by atoms with van der Waals surface area (Å²) in [7, 11) is 0. The largest absolute Gasteiger partial charge is 0.330 e. The molecule has 0 aromatic heterocycles. The molecule has 0 fully saturated rings. The van der Waals surface area contributed by atoms with Gasteiger partial charge >= 0.3 is 0 Å². The van der Waals surface area contributed by atoms with E-state index in [1.807, 2.05) is 0 Å². The zero-order valence-corrected chi connectivity index (χ0v) is 5.72. The summed E-state index contributed by atoms with van der Waals surface area (Å²) in [6, 6.07) is 0.474. The fraction of sp³-hybridized carbons (Fsp3) is 1.00. The van der Waals surface area contributed by atoms with Gasteiger partial charge in [0.15, 0.2) is 0 Å². The molecule has 8 heavy (non-hydrogen) atoms. The van der Waals surface area contributed by atoms with Gasteiger partial charge in [-0.2, -0.15) is 0 Å². The molecule has 2 N–H and O–H groups in total. The van der Waals surface area contributed by atoms with Crippen LogP contribution in [0.15, 0.2) is 0 Å². The molecule has 2 heteroatoms. The van der Waals surface area contributed by atoms with Gasteiger partial charge < -0.3 is 5.73 Å². The summed E-state index contributed by atoms with van der Waals surface area (Å²) in [5.41, 5.74) is 5.25. The highest BCUT2D eigenvalue weighted by atomic mass is 14.9. The molecule has 0 saturated carbocycles. The van der Waals surface area contributed by atoms with Crippen molar-refractivity contribution in [1.82, 2.24) is 5.32 Å². The second kappa shape index (κ2) is 5.06. The molecule has 2 nitrogen and oxygen atoms in total. The quantitative estimate of drug-likeness (QED) is 0.527. The Morgan fingerprint density at radius 3 is 2.50 bits per heavy atom. The normalized spacial score (nSPS) is 10.5. The van der Waals surface area contributed by atoms with E-state index in [0.29, 0.717) is 6.04 Å². The number of hydrogen-bond donors (Lipinski definition) is 1. The van der Waals surface area contributed by atoms with Crippen LogP contribution in [-0.4, -0.2) is 19.1 Å². The number of nitrogens with zero attached hydrogens (tertiary/aromatic N) is 1. The van der Waals surface area contributed by atoms with Crippen molar-refractivity contribution in [3.63, 3.8) is 0 Å². The lowest BCUT2D eigenvalue weighted by Gasteiger charge is -2.02. The Bertz CT molecular complexity index is 43.8. The van der Waals surface area contributed by atoms with E-state index in [-0.39, 0.29) is 0 Å². The summed E-state index contributed by atoms with van der Waals surface area (Å²) in [5.74, 6) is 0. The monoisotopic (exact) mass is 115 g/mol. The van der Waals surface area contributed by atoms with E-state index < -0.39 is 0 Å². The molecule has 0 bridgehead atoms. The Morgan fingerprint density at radius 1 is 1.50 bits per heavy atom. The molecule has 0 spiro atoms. The van der Waals surface area contributed by atoms with Gasteiger partial charge in [0.1, 0.15) is 0 Å². The average Bonchev–Trinajstić information content (AvgIpc) is 1.66. The predicted octanol–water partition coefficient (Wildman–Crippen LogP) is 0.348. The molecular weight excluding hydrogens is 100 g/mol. The fourth-order valence-electron chi connectivity index (χ4n) is 0.441. The maximum absolute atomic E-state index is 5.25. The van der Waals surface area contributed by atoms with Crippen LogP contribution in [0.25, 0.3) is 0 Å². The van der Waals surface area contributed by atoms with Gasteiger partial charge in [0.2, 0.25) is 0 Å². The molecule has 0 amide bonds. The second-order valence-corrected chi connectivity index (χ2v) is 2.14. The summed E-state index contributed by atoms with van der Waals surface area (Å²) < 4.78 is 0. The van der Waals surface area contributed by atoms with Crippen molar-refractivity contribution in [2.24, 2.45) is 5.73 Å². The van der Waals surface area contributed by atoms with E-state index in [9.17, 15) is 0 Å². The van der Waals surface area contributed by atoms with Gasteiger partial charge in [0.05, 0.1) is 0 Å². The van der Waals surface area contributed by atoms with Crippen molar-refractivity contribution in [2.75, 3.05) is 13.1 Å². The Kier molecular flexibility index (Phi) is 5.01. The van der Waals surface area contributed by atoms with E-state index in [1.54, 1.807) is 0 Å². The summed E-state index contributed by atoms with van der Waals surface area (Å²) >= 11 is 0. The van der Waals surface area contributed by atoms with E-state index in [1.165, 1.54) is 0 Å². The molecule has 0 atom stereocenters. The maximum Gasteiger partial charge on any atom is 0.0189 e. The smallest absolute Gasteiger partial charge is 0.0189 e. The van der Waals surface area contributed by atoms with Gasteiger partial charge in [0, 0.05) is 12.6 Å². The van der Waals surface area contributed by atoms with Crippen molar-refractivity contribution in [3.8, 4) is 0 Å².